The van der Waals surface area contributed by atoms with E-state index in [0.717, 1.165) is 7.11 Å². The minimum absolute atomic E-state index is 0.0665. The van der Waals surface area contributed by atoms with Crippen molar-refractivity contribution in [2.75, 3.05) is 38.1 Å². The van der Waals surface area contributed by atoms with Gasteiger partial charge in [-0.05, 0) is 0 Å². The Morgan fingerprint density at radius 2 is 2.26 bits per heavy atom. The molecule has 8 heteroatoms. The molecule has 1 aliphatic heterocycles. The van der Waals surface area contributed by atoms with Gasteiger partial charge in [0.2, 0.25) is 0 Å². The number of esters is 1. The molecule has 1 aromatic heterocycles. The minimum atomic E-state index is -3.38. The smallest absolute Gasteiger partial charge is 0.356 e. The second-order valence-electron chi connectivity index (χ2n) is 3.18. The van der Waals surface area contributed by atoms with Crippen molar-refractivity contribution in [3.63, 3.8) is 0 Å². The van der Waals surface area contributed by atoms with Crippen molar-refractivity contribution in [2.45, 2.75) is 0 Å². The second-order valence-corrected chi connectivity index (χ2v) is 3.18. The number of carbonyl (C=O) groups excluding carboxylic acids is 1. The molecule has 0 radical (unpaired) electrons. The van der Waals surface area contributed by atoms with Crippen LogP contribution < -0.4 is 4.90 Å². The maximum atomic E-state index is 11.7. The number of pyridine rings is 1. The van der Waals surface area contributed by atoms with Gasteiger partial charge in [-0.25, -0.2) is 9.78 Å². The van der Waals surface area contributed by atoms with Gasteiger partial charge in [0.05, 0.1) is 42.2 Å². The Labute approximate surface area is 120 Å². The molecule has 19 heavy (non-hydrogen) atoms. The number of carbonyl (C=O) groups is 1. The van der Waals surface area contributed by atoms with E-state index in [0.29, 0.717) is 12.1 Å². The fourth-order valence-electron chi connectivity index (χ4n) is 1.24. The normalized spacial score (nSPS) is 31.9. The zero-order chi connectivity index (χ0) is 21.0. The Morgan fingerprint density at radius 3 is 2.84 bits per heavy atom. The molecular formula is C11H13N3O5. The number of nitrogens with zero attached hydrogens (tertiary/aromatic N) is 3. The summed E-state index contributed by atoms with van der Waals surface area (Å²) in [6, 6.07) is 1.28. The molecule has 2 heterocycles. The minimum Gasteiger partial charge on any atom is -0.464 e. The highest BCUT2D eigenvalue weighted by Crippen LogP contribution is 2.21. The molecule has 0 aromatic carbocycles. The summed E-state index contributed by atoms with van der Waals surface area (Å²) in [6.45, 7) is -13.5. The summed E-state index contributed by atoms with van der Waals surface area (Å²) in [5.41, 5.74) is -1.47. The topological polar surface area (TPSA) is 94.8 Å². The number of methoxy groups -OCH3 is 1. The molecule has 0 saturated carbocycles. The van der Waals surface area contributed by atoms with Crippen LogP contribution in [0.5, 0.6) is 0 Å². The van der Waals surface area contributed by atoms with Gasteiger partial charge in [-0.3, -0.25) is 10.1 Å². The van der Waals surface area contributed by atoms with Crippen LogP contribution >= 0.6 is 0 Å². The summed E-state index contributed by atoms with van der Waals surface area (Å²) in [4.78, 5) is 25.4. The van der Waals surface area contributed by atoms with Crippen LogP contribution in [0.3, 0.4) is 0 Å². The first-order valence-electron chi connectivity index (χ1n) is 8.84. The van der Waals surface area contributed by atoms with E-state index in [4.69, 9.17) is 11.0 Å². The maximum Gasteiger partial charge on any atom is 0.356 e. The van der Waals surface area contributed by atoms with Gasteiger partial charge in [-0.1, -0.05) is 0 Å². The Bertz CT molecular complexity index is 776. The number of morpholine rings is 1. The Balaban J connectivity index is 2.81. The molecule has 0 unspecified atom stereocenters. The third-order valence-electron chi connectivity index (χ3n) is 2.05. The third kappa shape index (κ3) is 2.97. The van der Waals surface area contributed by atoms with Gasteiger partial charge in [0.15, 0.2) is 5.69 Å². The molecule has 0 amide bonds. The van der Waals surface area contributed by atoms with Gasteiger partial charge < -0.3 is 14.4 Å². The fourth-order valence-corrected chi connectivity index (χ4v) is 1.24. The van der Waals surface area contributed by atoms with Crippen LogP contribution in [0.4, 0.5) is 11.5 Å². The quantitative estimate of drug-likeness (QED) is 0.453. The van der Waals surface area contributed by atoms with E-state index in [1.807, 2.05) is 0 Å². The van der Waals surface area contributed by atoms with Crippen molar-refractivity contribution < 1.29 is 30.2 Å². The van der Waals surface area contributed by atoms with Gasteiger partial charge in [-0.2, -0.15) is 0 Å². The summed E-state index contributed by atoms with van der Waals surface area (Å²) in [6.07, 6.45) is 0. The zero-order valence-corrected chi connectivity index (χ0v) is 9.54. The van der Waals surface area contributed by atoms with Gasteiger partial charge >= 0.3 is 5.97 Å². The molecule has 0 atom stereocenters. The summed E-state index contributed by atoms with van der Waals surface area (Å²) < 4.78 is 70.9. The molecule has 1 saturated heterocycles. The lowest BCUT2D eigenvalue weighted by Crippen LogP contribution is -2.37. The summed E-state index contributed by atoms with van der Waals surface area (Å²) >= 11 is 0. The number of nitro groups is 1. The molecule has 102 valence electrons. The van der Waals surface area contributed by atoms with Crippen LogP contribution in [0.25, 0.3) is 0 Å². The first-order valence-corrected chi connectivity index (χ1v) is 4.84. The zero-order valence-electron chi connectivity index (χ0n) is 17.5. The van der Waals surface area contributed by atoms with Crippen LogP contribution in [0, 0.1) is 10.1 Å². The number of anilines is 1. The lowest BCUT2D eigenvalue weighted by atomic mass is 10.3. The lowest BCUT2D eigenvalue weighted by Gasteiger charge is -2.27. The standard InChI is InChI=1S/C11H13N3O5/c1-18-11(15)9-6-8(14(16)17)7-10(12-9)13-2-4-19-5-3-13/h6-7H,2-5H2,1H3/i2D2,3D2,4D2,5D2. The summed E-state index contributed by atoms with van der Waals surface area (Å²) in [5, 5.41) is 11.1. The largest absolute Gasteiger partial charge is 0.464 e. The van der Waals surface area contributed by atoms with Crippen LogP contribution in [0.1, 0.15) is 21.5 Å². The van der Waals surface area contributed by atoms with Crippen molar-refractivity contribution >= 4 is 17.5 Å². The molecule has 2 rings (SSSR count). The van der Waals surface area contributed by atoms with E-state index in [1.54, 1.807) is 0 Å². The Hall–Kier alpha value is -2.22. The number of aromatic nitrogens is 1. The first kappa shape index (κ1) is 6.29. The van der Waals surface area contributed by atoms with E-state index >= 15 is 0 Å². The van der Waals surface area contributed by atoms with Crippen LogP contribution in [-0.2, 0) is 9.47 Å². The van der Waals surface area contributed by atoms with Crippen molar-refractivity contribution in [3.05, 3.63) is 27.9 Å². The van der Waals surface area contributed by atoms with Crippen molar-refractivity contribution in [1.82, 2.24) is 4.98 Å². The summed E-state index contributed by atoms with van der Waals surface area (Å²) in [5.74, 6) is -2.05. The molecule has 8 nitrogen and oxygen atoms in total. The van der Waals surface area contributed by atoms with E-state index < -0.39 is 54.2 Å². The van der Waals surface area contributed by atoms with Gasteiger partial charge in [-0.15, -0.1) is 0 Å². The first-order chi connectivity index (χ1) is 12.1. The molecule has 0 bridgehead atoms. The third-order valence-corrected chi connectivity index (χ3v) is 2.05. The van der Waals surface area contributed by atoms with Crippen LogP contribution in [0.15, 0.2) is 12.1 Å². The van der Waals surface area contributed by atoms with Gasteiger partial charge in [0, 0.05) is 19.1 Å². The fraction of sp³-hybridized carbons (Fsp3) is 0.455. The second kappa shape index (κ2) is 5.61. The van der Waals surface area contributed by atoms with Gasteiger partial charge in [0.25, 0.3) is 5.69 Å². The molecule has 0 N–H and O–H groups in total. The van der Waals surface area contributed by atoms with Gasteiger partial charge in [0.1, 0.15) is 5.82 Å². The highest BCUT2D eigenvalue weighted by Gasteiger charge is 2.20. The lowest BCUT2D eigenvalue weighted by molar-refractivity contribution is -0.384. The average molecular weight is 275 g/mol. The van der Waals surface area contributed by atoms with E-state index in [1.165, 1.54) is 0 Å². The molecular weight excluding hydrogens is 254 g/mol. The van der Waals surface area contributed by atoms with Crippen LogP contribution in [-0.4, -0.2) is 49.1 Å². The molecule has 1 fully saturated rings. The van der Waals surface area contributed by atoms with E-state index in [-0.39, 0.29) is 4.90 Å². The predicted molar refractivity (Wildman–Crippen MR) is 65.3 cm³/mol. The van der Waals surface area contributed by atoms with Crippen LogP contribution in [0.2, 0.25) is 0 Å². The van der Waals surface area contributed by atoms with Crippen molar-refractivity contribution in [1.29, 1.82) is 0 Å². The maximum absolute atomic E-state index is 11.7. The monoisotopic (exact) mass is 275 g/mol. The number of ether oxygens (including phenoxy) is 2. The van der Waals surface area contributed by atoms with E-state index in [2.05, 4.69) is 14.5 Å². The highest BCUT2D eigenvalue weighted by molar-refractivity contribution is 5.88. The molecule has 1 aliphatic rings. The predicted octanol–water partition coefficient (Wildman–Crippen LogP) is 0.613. The number of rotatable bonds is 3. The average Bonchev–Trinajstić information content (AvgIpc) is 2.51. The molecule has 1 aromatic rings. The Kier molecular flexibility index (Phi) is 1.86. The molecule has 0 spiro atoms. The van der Waals surface area contributed by atoms with Crippen molar-refractivity contribution in [3.8, 4) is 0 Å². The molecule has 0 aliphatic carbocycles. The van der Waals surface area contributed by atoms with Crippen molar-refractivity contribution in [2.24, 2.45) is 0 Å². The highest BCUT2D eigenvalue weighted by atomic mass is 16.6. The number of hydrogen-bond donors (Lipinski definition) is 0. The Morgan fingerprint density at radius 1 is 1.58 bits per heavy atom. The number of hydrogen-bond acceptors (Lipinski definition) is 7. The van der Waals surface area contributed by atoms with E-state index in [9.17, 15) is 14.9 Å². The summed E-state index contributed by atoms with van der Waals surface area (Å²) in [7, 11) is 0.951. The SMILES string of the molecule is [2H]C1([2H])OC([2H])([2H])C([2H])([2H])N(c2cc([N+](=O)[O-])cc(C(=O)OC)n2)C1([2H])[2H].